The van der Waals surface area contributed by atoms with E-state index in [-0.39, 0.29) is 18.7 Å². The third kappa shape index (κ3) is 6.85. The number of likely N-dealkylation sites (tertiary alicyclic amines) is 1. The van der Waals surface area contributed by atoms with Crippen LogP contribution in [0.1, 0.15) is 36.8 Å². The van der Waals surface area contributed by atoms with Crippen LogP contribution in [0.5, 0.6) is 5.75 Å². The fourth-order valence-corrected chi connectivity index (χ4v) is 4.68. The van der Waals surface area contributed by atoms with E-state index in [1.807, 2.05) is 52.0 Å². The molecule has 1 aliphatic rings. The number of nitrogens with one attached hydrogen (secondary N) is 2. The number of hydrogen-bond donors (Lipinski definition) is 3. The average Bonchev–Trinajstić information content (AvgIpc) is 3.27. The second-order valence-electron chi connectivity index (χ2n) is 9.72. The minimum Gasteiger partial charge on any atom is -0.491 e. The summed E-state index contributed by atoms with van der Waals surface area (Å²) in [5.74, 6) is 2.56. The highest BCUT2D eigenvalue weighted by atomic mass is 16.6. The molecule has 1 unspecified atom stereocenters. The molecule has 1 saturated heterocycles. The number of aliphatic hydroxyl groups excluding tert-OH is 1. The van der Waals surface area contributed by atoms with Crippen molar-refractivity contribution in [1.82, 2.24) is 25.3 Å². The Bertz CT molecular complexity index is 1250. The number of hydrogen-bond acceptors (Lipinski definition) is 10. The van der Waals surface area contributed by atoms with Gasteiger partial charge in [-0.15, -0.1) is 0 Å². The average molecular weight is 539 g/mol. The number of carbonyl (C=O) groups is 1. The lowest BCUT2D eigenvalue weighted by Gasteiger charge is -2.32. The van der Waals surface area contributed by atoms with E-state index in [1.165, 1.54) is 0 Å². The van der Waals surface area contributed by atoms with Crippen molar-refractivity contribution >= 4 is 11.9 Å². The van der Waals surface area contributed by atoms with E-state index in [9.17, 15) is 9.90 Å². The minimum absolute atomic E-state index is 0.137. The van der Waals surface area contributed by atoms with E-state index in [1.54, 1.807) is 11.9 Å². The van der Waals surface area contributed by atoms with E-state index < -0.39 is 6.10 Å². The van der Waals surface area contributed by atoms with Crippen molar-refractivity contribution in [2.75, 3.05) is 45.2 Å². The number of carbonyl (C=O) groups excluding carboxylic acids is 1. The number of benzene rings is 1. The summed E-state index contributed by atoms with van der Waals surface area (Å²) in [6, 6.07) is 7.66. The van der Waals surface area contributed by atoms with Crippen molar-refractivity contribution in [2.45, 2.75) is 52.7 Å². The maximum absolute atomic E-state index is 12.1. The first-order chi connectivity index (χ1) is 18.8. The predicted octanol–water partition coefficient (Wildman–Crippen LogP) is 3.72. The minimum atomic E-state index is -0.619. The summed E-state index contributed by atoms with van der Waals surface area (Å²) < 4.78 is 16.4. The Hall–Kier alpha value is -3.70. The first-order valence-corrected chi connectivity index (χ1v) is 13.4. The summed E-state index contributed by atoms with van der Waals surface area (Å²) in [7, 11) is 1.78. The zero-order chi connectivity index (χ0) is 27.9. The molecule has 3 N–H and O–H groups in total. The fraction of sp³-hybridized carbons (Fsp3) is 0.500. The van der Waals surface area contributed by atoms with Gasteiger partial charge in [0.1, 0.15) is 30.0 Å². The highest BCUT2D eigenvalue weighted by Crippen LogP contribution is 2.34. The van der Waals surface area contributed by atoms with Gasteiger partial charge in [0.2, 0.25) is 0 Å². The van der Waals surface area contributed by atoms with Crippen LogP contribution >= 0.6 is 0 Å². The first-order valence-electron chi connectivity index (χ1n) is 13.4. The Morgan fingerprint density at radius 2 is 2.00 bits per heavy atom. The summed E-state index contributed by atoms with van der Waals surface area (Å²) in [5, 5.41) is 20.7. The lowest BCUT2D eigenvalue weighted by molar-refractivity contribution is 0.0983. The molecule has 11 nitrogen and oxygen atoms in total. The summed E-state index contributed by atoms with van der Waals surface area (Å²) in [4.78, 5) is 23.7. The number of rotatable bonds is 10. The van der Waals surface area contributed by atoms with E-state index in [4.69, 9.17) is 24.0 Å². The van der Waals surface area contributed by atoms with Crippen molar-refractivity contribution < 1.29 is 23.9 Å². The number of anilines is 1. The van der Waals surface area contributed by atoms with Gasteiger partial charge in [0.25, 0.3) is 0 Å². The van der Waals surface area contributed by atoms with Gasteiger partial charge < -0.3 is 34.6 Å². The molecule has 0 bridgehead atoms. The number of aryl methyl sites for hydroxylation is 2. The van der Waals surface area contributed by atoms with Crippen LogP contribution in [0.3, 0.4) is 0 Å². The van der Waals surface area contributed by atoms with Crippen molar-refractivity contribution in [3.05, 3.63) is 41.3 Å². The predicted molar refractivity (Wildman–Crippen MR) is 148 cm³/mol. The molecule has 2 aromatic heterocycles. The van der Waals surface area contributed by atoms with E-state index in [0.717, 1.165) is 46.7 Å². The number of nitrogens with zero attached hydrogens (tertiary/aromatic N) is 4. The molecule has 0 spiro atoms. The molecule has 1 aromatic carbocycles. The number of aromatic nitrogens is 3. The molecule has 1 amide bonds. The molecule has 39 heavy (non-hydrogen) atoms. The normalized spacial score (nSPS) is 14.8. The molecule has 0 saturated carbocycles. The summed E-state index contributed by atoms with van der Waals surface area (Å²) >= 11 is 0. The van der Waals surface area contributed by atoms with Crippen molar-refractivity contribution in [1.29, 1.82) is 0 Å². The molecule has 3 heterocycles. The summed E-state index contributed by atoms with van der Waals surface area (Å²) in [5.41, 5.74) is 4.02. The SMILES string of the molecule is CCOC(=O)N1CCC(Nc2nc(-c3cccc(OCC(O)CNC)c3)nc(-c3c(C)noc3C)c2C)CC1. The summed E-state index contributed by atoms with van der Waals surface area (Å²) in [6.07, 6.45) is 0.664. The van der Waals surface area contributed by atoms with Crippen molar-refractivity contribution in [3.63, 3.8) is 0 Å². The van der Waals surface area contributed by atoms with Crippen LogP contribution in [0.4, 0.5) is 10.6 Å². The van der Waals surface area contributed by atoms with Crippen LogP contribution in [0.2, 0.25) is 0 Å². The van der Waals surface area contributed by atoms with E-state index >= 15 is 0 Å². The van der Waals surface area contributed by atoms with Gasteiger partial charge >= 0.3 is 6.09 Å². The molecule has 1 atom stereocenters. The Balaban J connectivity index is 1.63. The molecule has 4 rings (SSSR count). The Labute approximate surface area is 228 Å². The van der Waals surface area contributed by atoms with Crippen LogP contribution in [0.25, 0.3) is 22.6 Å². The van der Waals surface area contributed by atoms with Gasteiger partial charge in [-0.2, -0.15) is 0 Å². The number of piperidine rings is 1. The monoisotopic (exact) mass is 538 g/mol. The zero-order valence-electron chi connectivity index (χ0n) is 23.3. The van der Waals surface area contributed by atoms with E-state index in [0.29, 0.717) is 43.6 Å². The van der Waals surface area contributed by atoms with Crippen LogP contribution in [-0.2, 0) is 4.74 Å². The molecule has 0 aliphatic carbocycles. The van der Waals surface area contributed by atoms with Gasteiger partial charge in [-0.1, -0.05) is 17.3 Å². The Morgan fingerprint density at radius 3 is 2.67 bits per heavy atom. The fourth-order valence-electron chi connectivity index (χ4n) is 4.68. The molecule has 210 valence electrons. The standard InChI is InChI=1S/C28H38N6O5/c1-6-37-28(36)34-12-10-21(11-13-34)30-26-17(2)25(24-18(3)33-39-19(24)4)31-27(32-26)20-8-7-9-23(14-20)38-16-22(35)15-29-5/h7-9,14,21-22,29,35H,6,10-13,15-16H2,1-5H3,(H,30,31,32). The Morgan fingerprint density at radius 1 is 1.23 bits per heavy atom. The molecule has 1 fully saturated rings. The maximum Gasteiger partial charge on any atom is 0.409 e. The van der Waals surface area contributed by atoms with Crippen LogP contribution < -0.4 is 15.4 Å². The van der Waals surface area contributed by atoms with Crippen LogP contribution in [0.15, 0.2) is 28.8 Å². The topological polar surface area (TPSA) is 135 Å². The van der Waals surface area contributed by atoms with Crippen LogP contribution in [0, 0.1) is 20.8 Å². The third-order valence-corrected chi connectivity index (χ3v) is 6.75. The number of aliphatic hydroxyl groups is 1. The summed E-state index contributed by atoms with van der Waals surface area (Å²) in [6.45, 7) is 9.78. The largest absolute Gasteiger partial charge is 0.491 e. The van der Waals surface area contributed by atoms with Crippen molar-refractivity contribution in [3.8, 4) is 28.4 Å². The second kappa shape index (κ2) is 12.9. The highest BCUT2D eigenvalue weighted by Gasteiger charge is 2.26. The molecule has 3 aromatic rings. The molecular weight excluding hydrogens is 500 g/mol. The number of likely N-dealkylation sites (N-methyl/N-ethyl adjacent to an activating group) is 1. The highest BCUT2D eigenvalue weighted by molar-refractivity contribution is 5.74. The lowest BCUT2D eigenvalue weighted by atomic mass is 10.0. The lowest BCUT2D eigenvalue weighted by Crippen LogP contribution is -2.42. The van der Waals surface area contributed by atoms with Crippen LogP contribution in [-0.4, -0.2) is 83.3 Å². The molecule has 11 heteroatoms. The van der Waals surface area contributed by atoms with Gasteiger partial charge in [-0.3, -0.25) is 0 Å². The Kier molecular flexibility index (Phi) is 9.36. The zero-order valence-corrected chi connectivity index (χ0v) is 23.3. The van der Waals surface area contributed by atoms with Gasteiger partial charge in [0.15, 0.2) is 5.82 Å². The van der Waals surface area contributed by atoms with Gasteiger partial charge in [0, 0.05) is 36.8 Å². The number of amides is 1. The quantitative estimate of drug-likeness (QED) is 0.350. The third-order valence-electron chi connectivity index (χ3n) is 6.75. The molecule has 1 aliphatic heterocycles. The van der Waals surface area contributed by atoms with Gasteiger partial charge in [0.05, 0.1) is 23.6 Å². The smallest absolute Gasteiger partial charge is 0.409 e. The molecule has 0 radical (unpaired) electrons. The van der Waals surface area contributed by atoms with Crippen molar-refractivity contribution in [2.24, 2.45) is 0 Å². The second-order valence-corrected chi connectivity index (χ2v) is 9.72. The molecular formula is C28H38N6O5. The van der Waals surface area contributed by atoms with Gasteiger partial charge in [-0.25, -0.2) is 14.8 Å². The number of ether oxygens (including phenoxy) is 2. The van der Waals surface area contributed by atoms with E-state index in [2.05, 4.69) is 15.8 Å². The van der Waals surface area contributed by atoms with Gasteiger partial charge in [-0.05, 0) is 59.7 Å². The maximum atomic E-state index is 12.1. The first kappa shape index (κ1) is 28.3.